The number of benzene rings is 1. The minimum absolute atomic E-state index is 0.0809. The Morgan fingerprint density at radius 1 is 1.37 bits per heavy atom. The number of aryl methyl sites for hydroxylation is 1. The fourth-order valence-corrected chi connectivity index (χ4v) is 1.87. The highest BCUT2D eigenvalue weighted by Gasteiger charge is 2.21. The first-order valence-corrected chi connectivity index (χ1v) is 5.90. The minimum Gasteiger partial charge on any atom is -0.451 e. The number of nitrogens with zero attached hydrogens (tertiary/aromatic N) is 1. The van der Waals surface area contributed by atoms with Crippen LogP contribution in [0.3, 0.4) is 0 Å². The first kappa shape index (κ1) is 13.6. The van der Waals surface area contributed by atoms with Crippen LogP contribution in [0.4, 0.5) is 5.69 Å². The van der Waals surface area contributed by atoms with Crippen molar-refractivity contribution >= 4 is 34.1 Å². The summed E-state index contributed by atoms with van der Waals surface area (Å²) in [4.78, 5) is 21.4. The number of carbonyl (C=O) groups is 1. The van der Waals surface area contributed by atoms with Crippen LogP contribution in [0.25, 0.3) is 11.3 Å². The van der Waals surface area contributed by atoms with Gasteiger partial charge in [-0.2, -0.15) is 0 Å². The Bertz CT molecular complexity index is 678. The number of carbonyl (C=O) groups excluding carboxylic acids is 1. The third-order valence-electron chi connectivity index (χ3n) is 2.54. The molecule has 0 saturated carbocycles. The molecule has 0 saturated heterocycles. The van der Waals surface area contributed by atoms with Crippen LogP contribution in [0.5, 0.6) is 0 Å². The van der Waals surface area contributed by atoms with Gasteiger partial charge in [0.05, 0.1) is 10.5 Å². The Morgan fingerprint density at radius 3 is 2.58 bits per heavy atom. The number of hydrogen-bond acceptors (Lipinski definition) is 4. The summed E-state index contributed by atoms with van der Waals surface area (Å²) < 4.78 is 5.17. The van der Waals surface area contributed by atoms with Gasteiger partial charge in [-0.3, -0.25) is 14.9 Å². The third-order valence-corrected chi connectivity index (χ3v) is 3.13. The normalized spacial score (nSPS) is 10.5. The van der Waals surface area contributed by atoms with Gasteiger partial charge in [0, 0.05) is 11.1 Å². The van der Waals surface area contributed by atoms with Crippen molar-refractivity contribution in [3.8, 4) is 11.3 Å². The maximum atomic E-state index is 11.0. The Morgan fingerprint density at radius 2 is 2.05 bits per heavy atom. The molecule has 0 spiro atoms. The quantitative estimate of drug-likeness (QED) is 0.484. The van der Waals surface area contributed by atoms with Crippen LogP contribution in [0.2, 0.25) is 5.02 Å². The molecule has 2 aromatic rings. The van der Waals surface area contributed by atoms with Gasteiger partial charge in [0.25, 0.3) is 10.9 Å². The van der Waals surface area contributed by atoms with Gasteiger partial charge in [0.2, 0.25) is 0 Å². The van der Waals surface area contributed by atoms with Crippen molar-refractivity contribution in [3.05, 3.63) is 50.7 Å². The summed E-state index contributed by atoms with van der Waals surface area (Å²) in [5.41, 5.74) is 0.631. The highest BCUT2D eigenvalue weighted by Crippen LogP contribution is 2.35. The molecule has 0 atom stereocenters. The minimum atomic E-state index is -0.771. The van der Waals surface area contributed by atoms with Gasteiger partial charge in [-0.25, -0.2) is 0 Å². The second-order valence-corrected chi connectivity index (χ2v) is 4.56. The van der Waals surface area contributed by atoms with E-state index < -0.39 is 10.2 Å². The molecule has 1 aromatic carbocycles. The van der Waals surface area contributed by atoms with Gasteiger partial charge in [-0.15, -0.1) is 0 Å². The zero-order valence-corrected chi connectivity index (χ0v) is 11.2. The molecule has 1 aromatic heterocycles. The summed E-state index contributed by atoms with van der Waals surface area (Å²) in [5, 5.41) is 10.6. The maximum absolute atomic E-state index is 11.0. The van der Waals surface area contributed by atoms with E-state index in [0.717, 1.165) is 0 Å². The standard InChI is InChI=1S/C12H7Cl2NO4/c1-6-4-9(15(17)18)7(5-8(6)13)10-2-3-11(19-10)12(14)16/h2-5H,1H3. The van der Waals surface area contributed by atoms with Crippen molar-refractivity contribution in [2.45, 2.75) is 6.92 Å². The van der Waals surface area contributed by atoms with E-state index in [1.807, 2.05) is 0 Å². The zero-order chi connectivity index (χ0) is 14.2. The van der Waals surface area contributed by atoms with Gasteiger partial charge in [0.1, 0.15) is 5.76 Å². The van der Waals surface area contributed by atoms with Crippen LogP contribution in [0, 0.1) is 17.0 Å². The number of nitro benzene ring substituents is 1. The van der Waals surface area contributed by atoms with Crippen LogP contribution in [0.15, 0.2) is 28.7 Å². The van der Waals surface area contributed by atoms with Gasteiger partial charge in [-0.1, -0.05) is 11.6 Å². The molecule has 0 N–H and O–H groups in total. The summed E-state index contributed by atoms with van der Waals surface area (Å²) in [7, 11) is 0. The maximum Gasteiger partial charge on any atom is 0.287 e. The number of halogens is 2. The molecular weight excluding hydrogens is 293 g/mol. The molecule has 0 radical (unpaired) electrons. The molecule has 0 amide bonds. The second kappa shape index (κ2) is 5.03. The molecule has 19 heavy (non-hydrogen) atoms. The van der Waals surface area contributed by atoms with Gasteiger partial charge in [-0.05, 0) is 42.3 Å². The van der Waals surface area contributed by atoms with E-state index in [1.165, 1.54) is 24.3 Å². The lowest BCUT2D eigenvalue weighted by Gasteiger charge is -2.03. The molecule has 1 heterocycles. The molecule has 7 heteroatoms. The molecule has 2 rings (SSSR count). The summed E-state index contributed by atoms with van der Waals surface area (Å²) in [6.45, 7) is 1.66. The van der Waals surface area contributed by atoms with Crippen LogP contribution >= 0.6 is 23.2 Å². The number of hydrogen-bond donors (Lipinski definition) is 0. The first-order valence-electron chi connectivity index (χ1n) is 5.14. The monoisotopic (exact) mass is 299 g/mol. The Kier molecular flexibility index (Phi) is 3.59. The molecule has 0 aliphatic carbocycles. The van der Waals surface area contributed by atoms with Crippen molar-refractivity contribution < 1.29 is 14.1 Å². The molecule has 98 valence electrons. The summed E-state index contributed by atoms with van der Waals surface area (Å²) in [5.74, 6) is 0.0836. The summed E-state index contributed by atoms with van der Waals surface area (Å²) >= 11 is 11.2. The van der Waals surface area contributed by atoms with Crippen molar-refractivity contribution in [2.75, 3.05) is 0 Å². The van der Waals surface area contributed by atoms with E-state index in [2.05, 4.69) is 0 Å². The van der Waals surface area contributed by atoms with Crippen molar-refractivity contribution in [1.29, 1.82) is 0 Å². The lowest BCUT2D eigenvalue weighted by atomic mass is 10.1. The van der Waals surface area contributed by atoms with Crippen LogP contribution in [-0.2, 0) is 0 Å². The predicted molar refractivity (Wildman–Crippen MR) is 70.7 cm³/mol. The fourth-order valence-electron chi connectivity index (χ4n) is 1.60. The Labute approximate surface area is 117 Å². The van der Waals surface area contributed by atoms with E-state index in [-0.39, 0.29) is 22.8 Å². The molecule has 0 aliphatic rings. The van der Waals surface area contributed by atoms with Gasteiger partial charge >= 0.3 is 0 Å². The number of furan rings is 1. The SMILES string of the molecule is Cc1cc([N+](=O)[O-])c(-c2ccc(C(=O)Cl)o2)cc1Cl. The Balaban J connectivity index is 2.62. The van der Waals surface area contributed by atoms with E-state index in [9.17, 15) is 14.9 Å². The smallest absolute Gasteiger partial charge is 0.287 e. The van der Waals surface area contributed by atoms with Crippen molar-refractivity contribution in [3.63, 3.8) is 0 Å². The molecular formula is C12H7Cl2NO4. The van der Waals surface area contributed by atoms with E-state index in [1.54, 1.807) is 6.92 Å². The zero-order valence-electron chi connectivity index (χ0n) is 9.65. The topological polar surface area (TPSA) is 73.3 Å². The molecule has 0 unspecified atom stereocenters. The predicted octanol–water partition coefficient (Wildman–Crippen LogP) is 4.20. The van der Waals surface area contributed by atoms with Crippen molar-refractivity contribution in [2.24, 2.45) is 0 Å². The lowest BCUT2D eigenvalue weighted by molar-refractivity contribution is -0.384. The van der Waals surface area contributed by atoms with E-state index >= 15 is 0 Å². The van der Waals surface area contributed by atoms with Crippen LogP contribution in [0.1, 0.15) is 16.1 Å². The first-order chi connectivity index (χ1) is 8.90. The van der Waals surface area contributed by atoms with Crippen LogP contribution in [-0.4, -0.2) is 10.2 Å². The van der Waals surface area contributed by atoms with E-state index in [0.29, 0.717) is 10.6 Å². The lowest BCUT2D eigenvalue weighted by Crippen LogP contribution is -1.93. The number of rotatable bonds is 3. The molecule has 0 fully saturated rings. The average molecular weight is 300 g/mol. The highest BCUT2D eigenvalue weighted by atomic mass is 35.5. The van der Waals surface area contributed by atoms with Gasteiger partial charge < -0.3 is 4.42 Å². The molecule has 0 aliphatic heterocycles. The second-order valence-electron chi connectivity index (χ2n) is 3.81. The van der Waals surface area contributed by atoms with Crippen molar-refractivity contribution in [1.82, 2.24) is 0 Å². The highest BCUT2D eigenvalue weighted by molar-refractivity contribution is 6.67. The fraction of sp³-hybridized carbons (Fsp3) is 0.0833. The van der Waals surface area contributed by atoms with E-state index in [4.69, 9.17) is 27.6 Å². The van der Waals surface area contributed by atoms with Crippen LogP contribution < -0.4 is 0 Å². The number of nitro groups is 1. The molecule has 5 nitrogen and oxygen atoms in total. The largest absolute Gasteiger partial charge is 0.451 e. The summed E-state index contributed by atoms with van der Waals surface area (Å²) in [6.07, 6.45) is 0. The summed E-state index contributed by atoms with van der Waals surface area (Å²) in [6, 6.07) is 5.56. The third kappa shape index (κ3) is 2.62. The molecule has 0 bridgehead atoms. The Hall–Kier alpha value is -1.85. The van der Waals surface area contributed by atoms with Gasteiger partial charge in [0.15, 0.2) is 5.76 Å². The average Bonchev–Trinajstić information content (AvgIpc) is 2.81.